The Labute approximate surface area is 108 Å². The van der Waals surface area contributed by atoms with E-state index in [4.69, 9.17) is 4.43 Å². The smallest absolute Gasteiger partial charge is 0.377 e. The van der Waals surface area contributed by atoms with Gasteiger partial charge in [-0.3, -0.25) is 14.9 Å². The summed E-state index contributed by atoms with van der Waals surface area (Å²) in [6, 6.07) is 1.16. The Morgan fingerprint density at radius 1 is 0.647 bits per heavy atom. The van der Waals surface area contributed by atoms with Crippen molar-refractivity contribution in [3.8, 4) is 0 Å². The van der Waals surface area contributed by atoms with Gasteiger partial charge in [0.2, 0.25) is 0 Å². The second-order valence-corrected chi connectivity index (χ2v) is 8.21. The second kappa shape index (κ2) is 7.48. The molecule has 104 valence electrons. The molecule has 0 aromatic rings. The molecular formula is C12H31N3OSi. The monoisotopic (exact) mass is 261 g/mol. The molecule has 0 atom stereocenters. The Hall–Kier alpha value is 0.0569. The zero-order valence-corrected chi connectivity index (χ0v) is 13.7. The highest BCUT2D eigenvalue weighted by Gasteiger charge is 2.40. The molecule has 0 saturated carbocycles. The summed E-state index contributed by atoms with van der Waals surface area (Å²) in [5.74, 6) is 0. The van der Waals surface area contributed by atoms with Gasteiger partial charge in [-0.25, -0.2) is 0 Å². The van der Waals surface area contributed by atoms with E-state index in [0.717, 1.165) is 0 Å². The topological polar surface area (TPSA) is 45.3 Å². The van der Waals surface area contributed by atoms with Crippen molar-refractivity contribution >= 4 is 8.80 Å². The normalized spacial score (nSPS) is 13.4. The molecule has 0 aromatic carbocycles. The van der Waals surface area contributed by atoms with Crippen LogP contribution in [0.15, 0.2) is 0 Å². The maximum Gasteiger partial charge on any atom is 0.440 e. The summed E-state index contributed by atoms with van der Waals surface area (Å²) in [7, 11) is -2.30. The molecule has 0 bridgehead atoms. The van der Waals surface area contributed by atoms with Gasteiger partial charge in [-0.1, -0.05) is 41.5 Å². The Kier molecular flexibility index (Phi) is 7.51. The number of rotatable bonds is 8. The van der Waals surface area contributed by atoms with Crippen LogP contribution in [0.2, 0.25) is 0 Å². The first-order valence-electron chi connectivity index (χ1n) is 6.67. The molecule has 0 aromatic heterocycles. The molecule has 0 heterocycles. The number of hydrogen-bond donors (Lipinski definition) is 3. The van der Waals surface area contributed by atoms with Gasteiger partial charge in [-0.2, -0.15) is 0 Å². The van der Waals surface area contributed by atoms with E-state index in [1.165, 1.54) is 0 Å². The van der Waals surface area contributed by atoms with Crippen molar-refractivity contribution in [1.82, 2.24) is 14.9 Å². The minimum atomic E-state index is -2.30. The third kappa shape index (κ3) is 7.89. The maximum atomic E-state index is 6.18. The van der Waals surface area contributed by atoms with Crippen LogP contribution in [0, 0.1) is 0 Å². The van der Waals surface area contributed by atoms with Crippen LogP contribution < -0.4 is 14.9 Å². The molecule has 3 N–H and O–H groups in total. The third-order valence-corrected chi connectivity index (χ3v) is 5.66. The second-order valence-electron chi connectivity index (χ2n) is 5.74. The van der Waals surface area contributed by atoms with Crippen LogP contribution in [0.5, 0.6) is 0 Å². The average Bonchev–Trinajstić information content (AvgIpc) is 1.95. The van der Waals surface area contributed by atoms with Gasteiger partial charge in [0.1, 0.15) is 0 Å². The fourth-order valence-corrected chi connectivity index (χ4v) is 5.40. The lowest BCUT2D eigenvalue weighted by molar-refractivity contribution is 0.194. The Morgan fingerprint density at radius 3 is 1.12 bits per heavy atom. The minimum Gasteiger partial charge on any atom is -0.377 e. The predicted octanol–water partition coefficient (Wildman–Crippen LogP) is 1.84. The van der Waals surface area contributed by atoms with Gasteiger partial charge in [0, 0.05) is 6.10 Å². The molecule has 0 amide bonds. The summed E-state index contributed by atoms with van der Waals surface area (Å²) in [4.78, 5) is 10.7. The highest BCUT2D eigenvalue weighted by Crippen LogP contribution is 2.04. The summed E-state index contributed by atoms with van der Waals surface area (Å²) >= 11 is 0. The van der Waals surface area contributed by atoms with Crippen molar-refractivity contribution in [3.05, 3.63) is 0 Å². The lowest BCUT2D eigenvalue weighted by Gasteiger charge is -2.38. The lowest BCUT2D eigenvalue weighted by Crippen LogP contribution is -2.78. The number of hydrogen-bond acceptors (Lipinski definition) is 4. The van der Waals surface area contributed by atoms with Crippen molar-refractivity contribution in [2.45, 2.75) is 79.6 Å². The van der Waals surface area contributed by atoms with Gasteiger partial charge in [0.25, 0.3) is 0 Å². The third-order valence-electron chi connectivity index (χ3n) is 1.89. The molecule has 0 aliphatic heterocycles. The molecule has 0 unspecified atom stereocenters. The van der Waals surface area contributed by atoms with E-state index >= 15 is 0 Å². The highest BCUT2D eigenvalue weighted by molar-refractivity contribution is 6.66. The van der Waals surface area contributed by atoms with Gasteiger partial charge in [-0.15, -0.1) is 0 Å². The van der Waals surface area contributed by atoms with Crippen molar-refractivity contribution in [2.24, 2.45) is 0 Å². The quantitative estimate of drug-likeness (QED) is 0.584. The van der Waals surface area contributed by atoms with Gasteiger partial charge in [0.15, 0.2) is 0 Å². The van der Waals surface area contributed by atoms with Gasteiger partial charge in [0.05, 0.1) is 0 Å². The molecule has 0 radical (unpaired) electrons. The van der Waals surface area contributed by atoms with E-state index in [1.54, 1.807) is 0 Å². The lowest BCUT2D eigenvalue weighted by atomic mass is 10.4. The van der Waals surface area contributed by atoms with Crippen LogP contribution in [0.3, 0.4) is 0 Å². The average molecular weight is 261 g/mol. The summed E-state index contributed by atoms with van der Waals surface area (Å²) in [5.41, 5.74) is 0. The standard InChI is InChI=1S/C12H31N3OSi/c1-9(2)13-17(14-10(3)4,15-11(5)6)16-12(7)8/h9-15H,1-8H3. The molecule has 0 fully saturated rings. The van der Waals surface area contributed by atoms with Gasteiger partial charge >= 0.3 is 8.80 Å². The van der Waals surface area contributed by atoms with Crippen LogP contribution in [-0.4, -0.2) is 33.0 Å². The van der Waals surface area contributed by atoms with Crippen LogP contribution in [0.1, 0.15) is 55.4 Å². The van der Waals surface area contributed by atoms with Crippen molar-refractivity contribution in [3.63, 3.8) is 0 Å². The molecule has 0 saturated heterocycles. The zero-order valence-electron chi connectivity index (χ0n) is 12.7. The summed E-state index contributed by atoms with van der Waals surface area (Å²) in [5, 5.41) is 0. The Bertz CT molecular complexity index is 162. The molecule has 0 spiro atoms. The summed E-state index contributed by atoms with van der Waals surface area (Å²) < 4.78 is 6.18. The summed E-state index contributed by atoms with van der Waals surface area (Å²) in [6.07, 6.45) is 0.199. The zero-order chi connectivity index (χ0) is 13.6. The molecular weight excluding hydrogens is 230 g/mol. The van der Waals surface area contributed by atoms with E-state index < -0.39 is 8.80 Å². The van der Waals surface area contributed by atoms with Crippen LogP contribution in [0.4, 0.5) is 0 Å². The molecule has 0 aliphatic carbocycles. The van der Waals surface area contributed by atoms with Crippen LogP contribution >= 0.6 is 0 Å². The Morgan fingerprint density at radius 2 is 0.941 bits per heavy atom. The molecule has 4 nitrogen and oxygen atoms in total. The maximum absolute atomic E-state index is 6.18. The first kappa shape index (κ1) is 17.1. The van der Waals surface area contributed by atoms with E-state index in [9.17, 15) is 0 Å². The molecule has 17 heavy (non-hydrogen) atoms. The summed E-state index contributed by atoms with van der Waals surface area (Å²) in [6.45, 7) is 17.0. The first-order chi connectivity index (χ1) is 7.67. The van der Waals surface area contributed by atoms with E-state index in [-0.39, 0.29) is 6.10 Å². The van der Waals surface area contributed by atoms with Crippen molar-refractivity contribution in [2.75, 3.05) is 0 Å². The fourth-order valence-electron chi connectivity index (χ4n) is 1.80. The predicted molar refractivity (Wildman–Crippen MR) is 76.8 cm³/mol. The first-order valence-corrected chi connectivity index (χ1v) is 8.58. The van der Waals surface area contributed by atoms with Gasteiger partial charge in [-0.05, 0) is 32.0 Å². The van der Waals surface area contributed by atoms with E-state index in [1.807, 2.05) is 0 Å². The SMILES string of the molecule is CC(C)N[Si](NC(C)C)(NC(C)C)OC(C)C. The largest absolute Gasteiger partial charge is 0.440 e. The van der Waals surface area contributed by atoms with E-state index in [0.29, 0.717) is 18.1 Å². The minimum absolute atomic E-state index is 0.199. The molecule has 0 rings (SSSR count). The van der Waals surface area contributed by atoms with Gasteiger partial charge < -0.3 is 4.43 Å². The Balaban J connectivity index is 4.89. The van der Waals surface area contributed by atoms with Crippen molar-refractivity contribution in [1.29, 1.82) is 0 Å². The van der Waals surface area contributed by atoms with Crippen LogP contribution in [0.25, 0.3) is 0 Å². The van der Waals surface area contributed by atoms with Crippen LogP contribution in [-0.2, 0) is 4.43 Å². The van der Waals surface area contributed by atoms with Crippen molar-refractivity contribution < 1.29 is 4.43 Å². The van der Waals surface area contributed by atoms with E-state index in [2.05, 4.69) is 70.3 Å². The fraction of sp³-hybridized carbons (Fsp3) is 1.00. The molecule has 5 heteroatoms. The molecule has 0 aliphatic rings. The highest BCUT2D eigenvalue weighted by atomic mass is 28.4. The number of nitrogens with one attached hydrogen (secondary N) is 3.